The average molecular weight is 1220 g/mol. The molecule has 1 aromatic carbocycles. The molecule has 0 spiro atoms. The molecule has 25 atom stereocenters. The molecule has 0 saturated carbocycles. The zero-order valence-electron chi connectivity index (χ0n) is 52.4. The fourth-order valence-corrected chi connectivity index (χ4v) is 12.2. The SMILES string of the molecule is COC[C@@H](C[C@H]1O[C@@](O)([C@H](O)[C@@H]2C[C@H](OC)[C@H](O)CC/C=C(C)/C=C/[C@@H](O[C@@H]3O[C@@H](C)[C@H](OC)[C@@H](O)[C@@H]3OC(=O)c3ccccc3)[C@H](C)/C=C(C)/C=C(C)/C=C(\C)C(=O)O2)[C@H](C)[C@@H](O)[C@H]1C)O[C@H]1C[C@H](O)[C@@H](O[C@H]2C[C@@H](OC)[C@H](O)[C@@H](C)O2)[C@H](C)O1. The molecule has 7 N–H and O–H groups in total. The Morgan fingerprint density at radius 3 is 2.05 bits per heavy atom. The highest BCUT2D eigenvalue weighted by Crippen LogP contribution is 2.43. The molecule has 22 heteroatoms. The van der Waals surface area contributed by atoms with E-state index in [0.717, 1.165) is 11.1 Å². The Balaban J connectivity index is 1.21. The summed E-state index contributed by atoms with van der Waals surface area (Å²) in [5.74, 6) is -6.23. The molecule has 1 aromatic rings. The van der Waals surface area contributed by atoms with Gasteiger partial charge in [0.05, 0.1) is 79.3 Å². The third-order valence-corrected chi connectivity index (χ3v) is 17.3. The summed E-state index contributed by atoms with van der Waals surface area (Å²) in [6.07, 6.45) is -9.57. The maximum atomic E-state index is 14.3. The van der Waals surface area contributed by atoms with Gasteiger partial charge in [0.25, 0.3) is 0 Å². The van der Waals surface area contributed by atoms with Gasteiger partial charge in [-0.3, -0.25) is 0 Å². The van der Waals surface area contributed by atoms with E-state index >= 15 is 0 Å². The minimum atomic E-state index is -2.55. The molecular weight excluding hydrogens is 1120 g/mol. The van der Waals surface area contributed by atoms with E-state index in [4.69, 9.17) is 61.6 Å². The van der Waals surface area contributed by atoms with Gasteiger partial charge in [0, 0.05) is 77.4 Å². The predicted molar refractivity (Wildman–Crippen MR) is 313 cm³/mol. The molecule has 22 nitrogen and oxygen atoms in total. The molecule has 0 aliphatic carbocycles. The number of allylic oxidation sites excluding steroid dienone is 7. The minimum absolute atomic E-state index is 0.00323. The van der Waals surface area contributed by atoms with E-state index in [1.165, 1.54) is 35.4 Å². The largest absolute Gasteiger partial charge is 0.456 e. The fourth-order valence-electron chi connectivity index (χ4n) is 12.2. The number of aliphatic hydroxyl groups is 7. The second-order valence-electron chi connectivity index (χ2n) is 24.0. The second-order valence-corrected chi connectivity index (χ2v) is 24.0. The molecule has 0 bridgehead atoms. The van der Waals surface area contributed by atoms with E-state index in [1.807, 2.05) is 51.2 Å². The zero-order valence-corrected chi connectivity index (χ0v) is 52.4. The number of aliphatic hydroxyl groups excluding tert-OH is 6. The summed E-state index contributed by atoms with van der Waals surface area (Å²) in [7, 11) is 5.79. The van der Waals surface area contributed by atoms with E-state index < -0.39 is 158 Å². The van der Waals surface area contributed by atoms with Crippen LogP contribution in [0.15, 0.2) is 89.1 Å². The lowest BCUT2D eigenvalue weighted by Crippen LogP contribution is -2.66. The van der Waals surface area contributed by atoms with Crippen LogP contribution in [0.5, 0.6) is 0 Å². The molecule has 0 radical (unpaired) electrons. The number of methoxy groups -OCH3 is 4. The number of carbonyl (C=O) groups is 2. The number of hydrogen-bond donors (Lipinski definition) is 7. The van der Waals surface area contributed by atoms with Gasteiger partial charge in [-0.15, -0.1) is 0 Å². The molecule has 4 saturated heterocycles. The number of esters is 2. The molecule has 5 aliphatic heterocycles. The maximum absolute atomic E-state index is 14.3. The van der Waals surface area contributed by atoms with E-state index in [-0.39, 0.29) is 55.8 Å². The van der Waals surface area contributed by atoms with Crippen LogP contribution in [0.1, 0.15) is 118 Å². The predicted octanol–water partition coefficient (Wildman–Crippen LogP) is 5.06. The van der Waals surface area contributed by atoms with E-state index in [9.17, 15) is 45.3 Å². The highest BCUT2D eigenvalue weighted by Gasteiger charge is 2.57. The van der Waals surface area contributed by atoms with Gasteiger partial charge in [-0.05, 0) is 79.5 Å². The average Bonchev–Trinajstić information content (AvgIpc) is 1.07. The van der Waals surface area contributed by atoms with Gasteiger partial charge in [0.1, 0.15) is 36.6 Å². The molecule has 4 fully saturated rings. The van der Waals surface area contributed by atoms with Gasteiger partial charge in [-0.2, -0.15) is 0 Å². The molecule has 5 aliphatic rings. The number of hydrogen-bond acceptors (Lipinski definition) is 22. The number of rotatable bonds is 17. The third kappa shape index (κ3) is 18.4. The summed E-state index contributed by atoms with van der Waals surface area (Å²) in [6.45, 7) is 17.5. The van der Waals surface area contributed by atoms with Crippen LogP contribution in [0.2, 0.25) is 0 Å². The molecular formula is C64H98O22. The van der Waals surface area contributed by atoms with Gasteiger partial charge >= 0.3 is 11.9 Å². The molecule has 486 valence electrons. The summed E-state index contributed by atoms with van der Waals surface area (Å²) >= 11 is 0. The Morgan fingerprint density at radius 1 is 0.721 bits per heavy atom. The number of benzene rings is 1. The summed E-state index contributed by atoms with van der Waals surface area (Å²) in [5, 5.41) is 82.2. The van der Waals surface area contributed by atoms with Gasteiger partial charge in [0.15, 0.2) is 25.0 Å². The summed E-state index contributed by atoms with van der Waals surface area (Å²) in [6, 6.07) is 8.40. The van der Waals surface area contributed by atoms with Crippen molar-refractivity contribution in [2.75, 3.05) is 35.0 Å². The zero-order chi connectivity index (χ0) is 63.3. The molecule has 86 heavy (non-hydrogen) atoms. The summed E-state index contributed by atoms with van der Waals surface area (Å²) in [5.41, 5.74) is 2.65. The number of ether oxygens (including phenoxy) is 13. The van der Waals surface area contributed by atoms with Crippen molar-refractivity contribution in [3.8, 4) is 0 Å². The number of cyclic esters (lactones) is 1. The van der Waals surface area contributed by atoms with Crippen molar-refractivity contribution >= 4 is 11.9 Å². The Kier molecular flexibility index (Phi) is 27.1. The first-order valence-electron chi connectivity index (χ1n) is 30.1. The van der Waals surface area contributed by atoms with Crippen LogP contribution in [0.4, 0.5) is 0 Å². The van der Waals surface area contributed by atoms with Crippen LogP contribution >= 0.6 is 0 Å². The maximum Gasteiger partial charge on any atom is 0.338 e. The van der Waals surface area contributed by atoms with Gasteiger partial charge in [-0.25, -0.2) is 9.59 Å². The van der Waals surface area contributed by atoms with Gasteiger partial charge < -0.3 is 97.3 Å². The highest BCUT2D eigenvalue weighted by molar-refractivity contribution is 5.89. The number of carbonyl (C=O) groups excluding carboxylic acids is 2. The molecule has 0 aromatic heterocycles. The standard InChI is InChI=1S/C64H98O22/c1-33-19-18-22-45(65)49(75-12)30-51(60(70)64(73)39(7)54(67)38(6)48(86-64)28-44(32-74-11)81-52-29-46(66)57(41(9)79-52)84-53-31-50(76-13)55(68)40(8)78-53)82-61(71)37(5)27-35(3)25-34(2)26-36(4)47(24-23-33)83-63-59(56(69)58(77-14)42(10)80-63)85-62(72)43-20-16-15-17-21-43/h15-17,19-21,23-27,36,38-42,44-60,63,65-70,73H,18,22,28-32H2,1-14H3/b24-23+,33-19+,34-26+,35-25+,37-27+/t36-,38+,39-,40-,41+,42+,44-,45-,46+,47-,48-,49+,50-,51+,52+,53+,54+,55-,56-,57+,58+,59+,60-,63+,64-/m1/s1. The monoisotopic (exact) mass is 1220 g/mol. The van der Waals surface area contributed by atoms with Crippen LogP contribution in [0.3, 0.4) is 0 Å². The van der Waals surface area contributed by atoms with Crippen molar-refractivity contribution in [3.05, 3.63) is 94.6 Å². The Labute approximate surface area is 506 Å². The third-order valence-electron chi connectivity index (χ3n) is 17.3. The van der Waals surface area contributed by atoms with Crippen LogP contribution in [-0.2, 0) is 66.4 Å². The van der Waals surface area contributed by atoms with E-state index in [0.29, 0.717) is 12.0 Å². The van der Waals surface area contributed by atoms with Crippen molar-refractivity contribution in [3.63, 3.8) is 0 Å². The summed E-state index contributed by atoms with van der Waals surface area (Å²) in [4.78, 5) is 27.7. The van der Waals surface area contributed by atoms with Crippen molar-refractivity contribution in [2.45, 2.75) is 242 Å². The van der Waals surface area contributed by atoms with Crippen LogP contribution < -0.4 is 0 Å². The quantitative estimate of drug-likeness (QED) is 0.100. The van der Waals surface area contributed by atoms with Crippen LogP contribution in [0.25, 0.3) is 0 Å². The highest BCUT2D eigenvalue weighted by atomic mass is 16.7. The summed E-state index contributed by atoms with van der Waals surface area (Å²) < 4.78 is 78.6. The topological polar surface area (TPSA) is 296 Å². The van der Waals surface area contributed by atoms with Crippen molar-refractivity contribution in [1.82, 2.24) is 0 Å². The normalized spacial score (nSPS) is 42.8. The Bertz CT molecular complexity index is 2440. The fraction of sp³-hybridized carbons (Fsp3) is 0.719. The van der Waals surface area contributed by atoms with E-state index in [1.54, 1.807) is 78.0 Å². The lowest BCUT2D eigenvalue weighted by atomic mass is 9.76. The molecule has 0 unspecified atom stereocenters. The van der Waals surface area contributed by atoms with Crippen molar-refractivity contribution in [1.29, 1.82) is 0 Å². The van der Waals surface area contributed by atoms with Crippen LogP contribution in [-0.4, -0.2) is 217 Å². The Morgan fingerprint density at radius 2 is 1.40 bits per heavy atom. The second kappa shape index (κ2) is 32.8. The van der Waals surface area contributed by atoms with Gasteiger partial charge in [-0.1, -0.05) is 86.1 Å². The first-order chi connectivity index (χ1) is 40.7. The van der Waals surface area contributed by atoms with Gasteiger partial charge in [0.2, 0.25) is 5.79 Å². The first-order valence-corrected chi connectivity index (χ1v) is 30.1. The smallest absolute Gasteiger partial charge is 0.338 e. The molecule has 0 amide bonds. The van der Waals surface area contributed by atoms with Crippen LogP contribution in [0, 0.1) is 17.8 Å². The molecule has 5 heterocycles. The van der Waals surface area contributed by atoms with Crippen molar-refractivity contribution in [2.24, 2.45) is 17.8 Å². The lowest BCUT2D eigenvalue weighted by molar-refractivity contribution is -0.365. The first kappa shape index (κ1) is 71.2. The Hall–Kier alpha value is -3.86. The minimum Gasteiger partial charge on any atom is -0.456 e. The van der Waals surface area contributed by atoms with Crippen molar-refractivity contribution < 1.29 is 107 Å². The van der Waals surface area contributed by atoms with E-state index in [2.05, 4.69) is 0 Å². The lowest BCUT2D eigenvalue weighted by Gasteiger charge is -2.51. The molecule has 6 rings (SSSR count).